The Bertz CT molecular complexity index is 939. The third-order valence-electron chi connectivity index (χ3n) is 5.45. The number of aromatic nitrogens is 2. The summed E-state index contributed by atoms with van der Waals surface area (Å²) in [5.74, 6) is 0.696. The van der Waals surface area contributed by atoms with Crippen LogP contribution in [0.4, 0.5) is 11.6 Å². The van der Waals surface area contributed by atoms with Gasteiger partial charge in [0, 0.05) is 36.7 Å². The van der Waals surface area contributed by atoms with Gasteiger partial charge in [-0.05, 0) is 42.5 Å². The summed E-state index contributed by atoms with van der Waals surface area (Å²) in [6.07, 6.45) is 6.55. The largest absolute Gasteiger partial charge is 0.340 e. The molecule has 3 aromatic rings. The number of rotatable bonds is 5. The molecule has 0 spiro atoms. The van der Waals surface area contributed by atoms with Crippen molar-refractivity contribution in [3.8, 4) is 11.1 Å². The van der Waals surface area contributed by atoms with Crippen LogP contribution in [0, 0.1) is 5.92 Å². The van der Waals surface area contributed by atoms with Crippen LogP contribution in [0.15, 0.2) is 67.0 Å². The molecule has 1 amide bonds. The lowest BCUT2D eigenvalue weighted by atomic mass is 9.97. The minimum Gasteiger partial charge on any atom is -0.340 e. The van der Waals surface area contributed by atoms with Crippen LogP contribution in [-0.4, -0.2) is 29.0 Å². The van der Waals surface area contributed by atoms with E-state index < -0.39 is 0 Å². The summed E-state index contributed by atoms with van der Waals surface area (Å²) >= 11 is 0. The highest BCUT2D eigenvalue weighted by Gasteiger charge is 2.27. The van der Waals surface area contributed by atoms with E-state index in [1.807, 2.05) is 54.9 Å². The second-order valence-corrected chi connectivity index (χ2v) is 7.46. The maximum Gasteiger partial charge on any atom is 0.229 e. The van der Waals surface area contributed by atoms with Gasteiger partial charge < -0.3 is 10.2 Å². The summed E-state index contributed by atoms with van der Waals surface area (Å²) in [5, 5.41) is 3.06. The summed E-state index contributed by atoms with van der Waals surface area (Å²) in [4.78, 5) is 24.0. The van der Waals surface area contributed by atoms with Gasteiger partial charge >= 0.3 is 0 Å². The van der Waals surface area contributed by atoms with E-state index in [1.54, 1.807) is 0 Å². The summed E-state index contributed by atoms with van der Waals surface area (Å²) in [6.45, 7) is 3.64. The van der Waals surface area contributed by atoms with E-state index in [0.29, 0.717) is 12.5 Å². The zero-order chi connectivity index (χ0) is 20.1. The van der Waals surface area contributed by atoms with Crippen molar-refractivity contribution in [3.63, 3.8) is 0 Å². The quantitative estimate of drug-likeness (QED) is 0.698. The van der Waals surface area contributed by atoms with E-state index in [-0.39, 0.29) is 11.8 Å². The fourth-order valence-electron chi connectivity index (χ4n) is 3.71. The fraction of sp³-hybridized carbons (Fsp3) is 0.292. The number of carbonyl (C=O) groups excluding carboxylic acids is 1. The Labute approximate surface area is 171 Å². The van der Waals surface area contributed by atoms with Gasteiger partial charge in [0.25, 0.3) is 0 Å². The second-order valence-electron chi connectivity index (χ2n) is 7.46. The number of anilines is 2. The Morgan fingerprint density at radius 2 is 1.76 bits per heavy atom. The van der Waals surface area contributed by atoms with Gasteiger partial charge in [0.15, 0.2) is 0 Å². The molecule has 1 saturated heterocycles. The van der Waals surface area contributed by atoms with Gasteiger partial charge in [-0.25, -0.2) is 9.97 Å². The predicted molar refractivity (Wildman–Crippen MR) is 117 cm³/mol. The summed E-state index contributed by atoms with van der Waals surface area (Å²) < 4.78 is 0. The van der Waals surface area contributed by atoms with Crippen molar-refractivity contribution in [1.29, 1.82) is 0 Å². The van der Waals surface area contributed by atoms with Crippen LogP contribution in [0.1, 0.15) is 25.3 Å². The number of hydrogen-bond donors (Lipinski definition) is 1. The normalized spacial score (nSPS) is 16.4. The van der Waals surface area contributed by atoms with E-state index in [9.17, 15) is 4.79 Å². The Hall–Kier alpha value is -3.21. The van der Waals surface area contributed by atoms with E-state index in [0.717, 1.165) is 42.6 Å². The number of piperidine rings is 1. The molecule has 1 atom stereocenters. The number of amides is 1. The molecule has 5 nitrogen and oxygen atoms in total. The van der Waals surface area contributed by atoms with E-state index in [2.05, 4.69) is 39.2 Å². The van der Waals surface area contributed by atoms with Gasteiger partial charge in [0.05, 0.1) is 5.92 Å². The van der Waals surface area contributed by atoms with Crippen molar-refractivity contribution in [2.24, 2.45) is 5.92 Å². The first-order valence-electron chi connectivity index (χ1n) is 10.2. The molecule has 1 aliphatic rings. The van der Waals surface area contributed by atoms with Crippen LogP contribution in [-0.2, 0) is 11.2 Å². The maximum atomic E-state index is 12.8. The highest BCUT2D eigenvalue weighted by molar-refractivity contribution is 5.93. The van der Waals surface area contributed by atoms with Crippen molar-refractivity contribution in [1.82, 2.24) is 9.97 Å². The number of benzene rings is 2. The van der Waals surface area contributed by atoms with Crippen molar-refractivity contribution in [3.05, 3.63) is 72.6 Å². The molecule has 0 radical (unpaired) electrons. The van der Waals surface area contributed by atoms with Gasteiger partial charge in [-0.1, -0.05) is 49.4 Å². The first kappa shape index (κ1) is 19.1. The monoisotopic (exact) mass is 386 g/mol. The summed E-state index contributed by atoms with van der Waals surface area (Å²) in [5.41, 5.74) is 4.22. The van der Waals surface area contributed by atoms with Crippen LogP contribution in [0.2, 0.25) is 0 Å². The van der Waals surface area contributed by atoms with Crippen molar-refractivity contribution in [2.45, 2.75) is 26.2 Å². The number of nitrogens with zero attached hydrogens (tertiary/aromatic N) is 3. The Kier molecular flexibility index (Phi) is 5.84. The molecule has 0 unspecified atom stereocenters. The SMILES string of the molecule is CCc1ccc(NC(=O)[C@@H]2CCCN(c3ncc(-c4ccccc4)cn3)C2)cc1. The molecule has 2 aromatic carbocycles. The average Bonchev–Trinajstić information content (AvgIpc) is 2.80. The van der Waals surface area contributed by atoms with Gasteiger partial charge in [-0.2, -0.15) is 0 Å². The summed E-state index contributed by atoms with van der Waals surface area (Å²) in [6, 6.07) is 18.2. The highest BCUT2D eigenvalue weighted by atomic mass is 16.1. The molecule has 1 N–H and O–H groups in total. The minimum atomic E-state index is -0.0630. The molecule has 5 heteroatoms. The molecule has 148 valence electrons. The third kappa shape index (κ3) is 4.62. The molecule has 1 fully saturated rings. The van der Waals surface area contributed by atoms with Crippen LogP contribution < -0.4 is 10.2 Å². The molecule has 2 heterocycles. The first-order chi connectivity index (χ1) is 14.2. The number of aryl methyl sites for hydroxylation is 1. The van der Waals surface area contributed by atoms with E-state index in [1.165, 1.54) is 5.56 Å². The molecule has 0 bridgehead atoms. The van der Waals surface area contributed by atoms with Crippen LogP contribution >= 0.6 is 0 Å². The lowest BCUT2D eigenvalue weighted by Crippen LogP contribution is -2.41. The van der Waals surface area contributed by atoms with E-state index >= 15 is 0 Å². The fourth-order valence-corrected chi connectivity index (χ4v) is 3.71. The number of carbonyl (C=O) groups is 1. The number of nitrogens with one attached hydrogen (secondary N) is 1. The van der Waals surface area contributed by atoms with Crippen LogP contribution in [0.5, 0.6) is 0 Å². The molecule has 1 aliphatic heterocycles. The molecule has 29 heavy (non-hydrogen) atoms. The van der Waals surface area contributed by atoms with Crippen molar-refractivity contribution in [2.75, 3.05) is 23.3 Å². The molecule has 1 aromatic heterocycles. The Morgan fingerprint density at radius 1 is 1.03 bits per heavy atom. The molecular formula is C24H26N4O. The first-order valence-corrected chi connectivity index (χ1v) is 10.2. The van der Waals surface area contributed by atoms with Gasteiger partial charge in [-0.15, -0.1) is 0 Å². The number of hydrogen-bond acceptors (Lipinski definition) is 4. The predicted octanol–water partition coefficient (Wildman–Crippen LogP) is 4.56. The third-order valence-corrected chi connectivity index (χ3v) is 5.45. The highest BCUT2D eigenvalue weighted by Crippen LogP contribution is 2.24. The summed E-state index contributed by atoms with van der Waals surface area (Å²) in [7, 11) is 0. The zero-order valence-electron chi connectivity index (χ0n) is 16.7. The molecular weight excluding hydrogens is 360 g/mol. The molecule has 0 saturated carbocycles. The Morgan fingerprint density at radius 3 is 2.45 bits per heavy atom. The van der Waals surface area contributed by atoms with Gasteiger partial charge in [-0.3, -0.25) is 4.79 Å². The Balaban J connectivity index is 1.40. The molecule has 0 aliphatic carbocycles. The van der Waals surface area contributed by atoms with Crippen molar-refractivity contribution >= 4 is 17.5 Å². The minimum absolute atomic E-state index is 0.0630. The van der Waals surface area contributed by atoms with E-state index in [4.69, 9.17) is 0 Å². The maximum absolute atomic E-state index is 12.8. The lowest BCUT2D eigenvalue weighted by molar-refractivity contribution is -0.120. The van der Waals surface area contributed by atoms with Crippen molar-refractivity contribution < 1.29 is 4.79 Å². The topological polar surface area (TPSA) is 58.1 Å². The smallest absolute Gasteiger partial charge is 0.229 e. The van der Waals surface area contributed by atoms with Gasteiger partial charge in [0.2, 0.25) is 11.9 Å². The standard InChI is InChI=1S/C24H26N4O/c1-2-18-10-12-22(13-11-18)27-23(29)20-9-6-14-28(17-20)24-25-15-21(16-26-24)19-7-4-3-5-8-19/h3-5,7-8,10-13,15-16,20H,2,6,9,14,17H2,1H3,(H,27,29)/t20-/m1/s1. The molecule has 4 rings (SSSR count). The average molecular weight is 386 g/mol. The van der Waals surface area contributed by atoms with Crippen LogP contribution in [0.3, 0.4) is 0 Å². The second kappa shape index (κ2) is 8.86. The van der Waals surface area contributed by atoms with Gasteiger partial charge in [0.1, 0.15) is 0 Å². The zero-order valence-corrected chi connectivity index (χ0v) is 16.7. The van der Waals surface area contributed by atoms with Crippen LogP contribution in [0.25, 0.3) is 11.1 Å². The lowest BCUT2D eigenvalue weighted by Gasteiger charge is -2.32.